The van der Waals surface area contributed by atoms with Crippen molar-refractivity contribution in [2.24, 2.45) is 0 Å². The van der Waals surface area contributed by atoms with Crippen LogP contribution in [0.4, 0.5) is 5.13 Å². The third-order valence-corrected chi connectivity index (χ3v) is 4.70. The number of hydrogen-bond donors (Lipinski definition) is 1. The first-order valence-electron chi connectivity index (χ1n) is 7.17. The zero-order chi connectivity index (χ0) is 13.8. The molecule has 5 heteroatoms. The Morgan fingerprint density at radius 3 is 2.89 bits per heavy atom. The quantitative estimate of drug-likeness (QED) is 0.903. The van der Waals surface area contributed by atoms with Crippen LogP contribution in [0.1, 0.15) is 44.2 Å². The Labute approximate surface area is 119 Å². The average molecular weight is 284 g/mol. The molecule has 1 aliphatic rings. The maximum atomic E-state index is 9.46. The molecule has 0 radical (unpaired) electrons. The summed E-state index contributed by atoms with van der Waals surface area (Å²) < 4.78 is 5.73. The van der Waals surface area contributed by atoms with Crippen LogP contribution in [0.5, 0.6) is 0 Å². The Kier molecular flexibility index (Phi) is 5.19. The summed E-state index contributed by atoms with van der Waals surface area (Å²) in [6.07, 6.45) is 3.32. The average Bonchev–Trinajstić information content (AvgIpc) is 2.82. The molecule has 0 spiro atoms. The highest BCUT2D eigenvalue weighted by molar-refractivity contribution is 7.15. The molecular formula is C14H24N2O2S. The molecule has 0 aromatic carbocycles. The van der Waals surface area contributed by atoms with E-state index in [-0.39, 0.29) is 12.7 Å². The number of aryl methyl sites for hydroxylation is 1. The summed E-state index contributed by atoms with van der Waals surface area (Å²) >= 11 is 1.64. The molecular weight excluding hydrogens is 260 g/mol. The fourth-order valence-electron chi connectivity index (χ4n) is 2.46. The number of ether oxygens (including phenoxy) is 1. The molecule has 0 bridgehead atoms. The predicted octanol–water partition coefficient (Wildman–Crippen LogP) is 2.59. The lowest BCUT2D eigenvalue weighted by atomic mass is 10.1. The summed E-state index contributed by atoms with van der Waals surface area (Å²) in [5.41, 5.74) is 1.07. The molecule has 2 atom stereocenters. The number of rotatable bonds is 5. The lowest BCUT2D eigenvalue weighted by Crippen LogP contribution is -2.48. The smallest absolute Gasteiger partial charge is 0.186 e. The van der Waals surface area contributed by atoms with Crippen molar-refractivity contribution in [3.05, 3.63) is 10.6 Å². The van der Waals surface area contributed by atoms with Crippen LogP contribution in [0.15, 0.2) is 0 Å². The van der Waals surface area contributed by atoms with Crippen molar-refractivity contribution >= 4 is 16.5 Å². The van der Waals surface area contributed by atoms with Gasteiger partial charge in [-0.3, -0.25) is 0 Å². The van der Waals surface area contributed by atoms with Crippen molar-refractivity contribution < 1.29 is 9.84 Å². The van der Waals surface area contributed by atoms with E-state index in [1.807, 2.05) is 0 Å². The van der Waals surface area contributed by atoms with Crippen LogP contribution in [-0.4, -0.2) is 35.4 Å². The summed E-state index contributed by atoms with van der Waals surface area (Å²) in [7, 11) is 0. The molecule has 19 heavy (non-hydrogen) atoms. The van der Waals surface area contributed by atoms with E-state index in [4.69, 9.17) is 9.72 Å². The predicted molar refractivity (Wildman–Crippen MR) is 78.9 cm³/mol. The van der Waals surface area contributed by atoms with E-state index >= 15 is 0 Å². The number of morpholine rings is 1. The van der Waals surface area contributed by atoms with E-state index < -0.39 is 0 Å². The zero-order valence-electron chi connectivity index (χ0n) is 12.1. The van der Waals surface area contributed by atoms with Crippen molar-refractivity contribution in [1.82, 2.24) is 4.98 Å². The zero-order valence-corrected chi connectivity index (χ0v) is 12.9. The molecule has 2 rings (SSSR count). The number of anilines is 1. The highest BCUT2D eigenvalue weighted by Gasteiger charge is 2.28. The molecule has 2 heterocycles. The molecule has 1 fully saturated rings. The highest BCUT2D eigenvalue weighted by atomic mass is 32.1. The van der Waals surface area contributed by atoms with Gasteiger partial charge in [0.25, 0.3) is 0 Å². The third kappa shape index (κ3) is 3.27. The SMILES string of the molecule is CCCc1nc(N2CC(C)OCC2CC)sc1CO. The fourth-order valence-corrected chi connectivity index (χ4v) is 3.51. The van der Waals surface area contributed by atoms with Crippen molar-refractivity contribution in [2.45, 2.75) is 58.8 Å². The second-order valence-electron chi connectivity index (χ2n) is 5.13. The van der Waals surface area contributed by atoms with Crippen molar-refractivity contribution in [1.29, 1.82) is 0 Å². The summed E-state index contributed by atoms with van der Waals surface area (Å²) in [6, 6.07) is 0.406. The topological polar surface area (TPSA) is 45.6 Å². The Morgan fingerprint density at radius 2 is 2.26 bits per heavy atom. The van der Waals surface area contributed by atoms with Crippen LogP contribution in [0, 0.1) is 0 Å². The van der Waals surface area contributed by atoms with Gasteiger partial charge in [0.15, 0.2) is 5.13 Å². The second kappa shape index (κ2) is 6.68. The van der Waals surface area contributed by atoms with E-state index in [0.717, 1.165) is 48.1 Å². The van der Waals surface area contributed by atoms with Gasteiger partial charge >= 0.3 is 0 Å². The minimum atomic E-state index is 0.101. The molecule has 0 saturated carbocycles. The third-order valence-electron chi connectivity index (χ3n) is 3.58. The van der Waals surface area contributed by atoms with E-state index in [1.165, 1.54) is 0 Å². The van der Waals surface area contributed by atoms with Gasteiger partial charge in [-0.1, -0.05) is 31.6 Å². The molecule has 1 aromatic heterocycles. The summed E-state index contributed by atoms with van der Waals surface area (Å²) in [5.74, 6) is 0. The van der Waals surface area contributed by atoms with Gasteiger partial charge in [-0.05, 0) is 19.8 Å². The fraction of sp³-hybridized carbons (Fsp3) is 0.786. The molecule has 4 nitrogen and oxygen atoms in total. The van der Waals surface area contributed by atoms with Crippen LogP contribution < -0.4 is 4.90 Å². The van der Waals surface area contributed by atoms with E-state index in [9.17, 15) is 5.11 Å². The van der Waals surface area contributed by atoms with Gasteiger partial charge in [0.05, 0.1) is 35.9 Å². The number of aliphatic hydroxyl groups is 1. The Balaban J connectivity index is 2.23. The minimum Gasteiger partial charge on any atom is -0.391 e. The first-order chi connectivity index (χ1) is 9.19. The molecule has 1 aliphatic heterocycles. The van der Waals surface area contributed by atoms with Crippen molar-refractivity contribution in [2.75, 3.05) is 18.1 Å². The van der Waals surface area contributed by atoms with E-state index in [1.54, 1.807) is 11.3 Å². The van der Waals surface area contributed by atoms with Gasteiger partial charge in [-0.2, -0.15) is 0 Å². The van der Waals surface area contributed by atoms with Gasteiger partial charge < -0.3 is 14.7 Å². The minimum absolute atomic E-state index is 0.101. The first kappa shape index (κ1) is 14.8. The summed E-state index contributed by atoms with van der Waals surface area (Å²) in [6.45, 7) is 8.20. The van der Waals surface area contributed by atoms with Crippen LogP contribution in [0.25, 0.3) is 0 Å². The molecule has 1 N–H and O–H groups in total. The number of thiazole rings is 1. The lowest BCUT2D eigenvalue weighted by molar-refractivity contribution is 0.0299. The van der Waals surface area contributed by atoms with Gasteiger partial charge in [-0.25, -0.2) is 4.98 Å². The van der Waals surface area contributed by atoms with Gasteiger partial charge in [-0.15, -0.1) is 0 Å². The number of aliphatic hydroxyl groups excluding tert-OH is 1. The van der Waals surface area contributed by atoms with Crippen LogP contribution >= 0.6 is 11.3 Å². The van der Waals surface area contributed by atoms with Gasteiger partial charge in [0.2, 0.25) is 0 Å². The van der Waals surface area contributed by atoms with E-state index in [0.29, 0.717) is 6.04 Å². The monoisotopic (exact) mass is 284 g/mol. The lowest BCUT2D eigenvalue weighted by Gasteiger charge is -2.38. The van der Waals surface area contributed by atoms with Crippen LogP contribution in [0.3, 0.4) is 0 Å². The maximum Gasteiger partial charge on any atom is 0.186 e. The van der Waals surface area contributed by atoms with Crippen molar-refractivity contribution in [3.8, 4) is 0 Å². The molecule has 2 unspecified atom stereocenters. The number of nitrogens with zero attached hydrogens (tertiary/aromatic N) is 2. The highest BCUT2D eigenvalue weighted by Crippen LogP contribution is 2.31. The largest absolute Gasteiger partial charge is 0.391 e. The normalized spacial score (nSPS) is 23.9. The van der Waals surface area contributed by atoms with Crippen LogP contribution in [-0.2, 0) is 17.8 Å². The molecule has 108 valence electrons. The molecule has 1 aromatic rings. The Bertz CT molecular complexity index is 408. The number of aromatic nitrogens is 1. The van der Waals surface area contributed by atoms with Crippen LogP contribution in [0.2, 0.25) is 0 Å². The maximum absolute atomic E-state index is 9.46. The number of hydrogen-bond acceptors (Lipinski definition) is 5. The summed E-state index contributed by atoms with van der Waals surface area (Å²) in [5, 5.41) is 10.5. The first-order valence-corrected chi connectivity index (χ1v) is 7.98. The van der Waals surface area contributed by atoms with Crippen molar-refractivity contribution in [3.63, 3.8) is 0 Å². The molecule has 0 amide bonds. The summed E-state index contributed by atoms with van der Waals surface area (Å²) in [4.78, 5) is 8.13. The van der Waals surface area contributed by atoms with Gasteiger partial charge in [0.1, 0.15) is 0 Å². The molecule has 0 aliphatic carbocycles. The van der Waals surface area contributed by atoms with E-state index in [2.05, 4.69) is 25.7 Å². The Hall–Kier alpha value is -0.650. The second-order valence-corrected chi connectivity index (χ2v) is 6.19. The standard InChI is InChI=1S/C14H24N2O2S/c1-4-6-12-13(8-17)19-14(15-12)16-7-10(3)18-9-11(16)5-2/h10-11,17H,4-9H2,1-3H3. The van der Waals surface area contributed by atoms with Gasteiger partial charge in [0, 0.05) is 6.54 Å². The molecule has 1 saturated heterocycles. The Morgan fingerprint density at radius 1 is 1.47 bits per heavy atom.